The van der Waals surface area contributed by atoms with Gasteiger partial charge in [0.25, 0.3) is 10.0 Å². The van der Waals surface area contributed by atoms with Gasteiger partial charge >= 0.3 is 0 Å². The highest BCUT2D eigenvalue weighted by molar-refractivity contribution is 7.93. The van der Waals surface area contributed by atoms with E-state index in [1.165, 1.54) is 30.3 Å². The minimum atomic E-state index is -4.02. The molecule has 2 aromatic rings. The lowest BCUT2D eigenvalue weighted by Gasteiger charge is -2.12. The maximum absolute atomic E-state index is 12.4. The van der Waals surface area contributed by atoms with Crippen molar-refractivity contribution >= 4 is 67.8 Å². The smallest absolute Gasteiger partial charge is 0.264 e. The maximum Gasteiger partial charge on any atom is 0.264 e. The Hall–Kier alpha value is -0.850. The topological polar surface area (TPSA) is 72.2 Å². The van der Waals surface area contributed by atoms with Gasteiger partial charge < -0.3 is 5.73 Å². The molecule has 0 aliphatic heterocycles. The van der Waals surface area contributed by atoms with Gasteiger partial charge in [0.2, 0.25) is 0 Å². The van der Waals surface area contributed by atoms with Gasteiger partial charge in [-0.3, -0.25) is 4.72 Å². The number of benzene rings is 2. The van der Waals surface area contributed by atoms with Crippen molar-refractivity contribution in [1.82, 2.24) is 0 Å². The van der Waals surface area contributed by atoms with Crippen LogP contribution < -0.4 is 10.5 Å². The molecule has 0 fully saturated rings. The van der Waals surface area contributed by atoms with Gasteiger partial charge in [0.1, 0.15) is 4.90 Å². The molecule has 3 N–H and O–H groups in total. The minimum Gasteiger partial charge on any atom is -0.399 e. The molecule has 21 heavy (non-hydrogen) atoms. The van der Waals surface area contributed by atoms with E-state index in [-0.39, 0.29) is 31.3 Å². The second-order valence-electron chi connectivity index (χ2n) is 4.04. The Morgan fingerprint density at radius 1 is 0.905 bits per heavy atom. The summed E-state index contributed by atoms with van der Waals surface area (Å²) in [5.41, 5.74) is 5.96. The first-order chi connectivity index (χ1) is 9.70. The van der Waals surface area contributed by atoms with Crippen LogP contribution in [0.2, 0.25) is 20.1 Å². The average Bonchev–Trinajstić information content (AvgIpc) is 2.30. The monoisotopic (exact) mass is 384 g/mol. The van der Waals surface area contributed by atoms with Crippen molar-refractivity contribution < 1.29 is 8.42 Å². The molecular formula is C12H8Cl4N2O2S. The summed E-state index contributed by atoms with van der Waals surface area (Å²) in [5, 5.41) is 0.357. The zero-order valence-electron chi connectivity index (χ0n) is 10.2. The zero-order valence-corrected chi connectivity index (χ0v) is 14.0. The van der Waals surface area contributed by atoms with Gasteiger partial charge in [-0.2, -0.15) is 0 Å². The van der Waals surface area contributed by atoms with Crippen molar-refractivity contribution in [2.24, 2.45) is 0 Å². The number of hydrogen-bond donors (Lipinski definition) is 2. The van der Waals surface area contributed by atoms with Crippen molar-refractivity contribution in [3.8, 4) is 0 Å². The highest BCUT2D eigenvalue weighted by atomic mass is 35.5. The van der Waals surface area contributed by atoms with Gasteiger partial charge in [-0.1, -0.05) is 46.4 Å². The number of rotatable bonds is 3. The van der Waals surface area contributed by atoms with Gasteiger partial charge in [0, 0.05) is 10.7 Å². The first kappa shape index (κ1) is 16.5. The molecule has 0 amide bonds. The molecule has 0 radical (unpaired) electrons. The van der Waals surface area contributed by atoms with E-state index in [9.17, 15) is 8.42 Å². The molecule has 0 aliphatic carbocycles. The lowest BCUT2D eigenvalue weighted by Crippen LogP contribution is -2.14. The van der Waals surface area contributed by atoms with Gasteiger partial charge in [0.05, 0.1) is 20.8 Å². The second-order valence-corrected chi connectivity index (χ2v) is 7.32. The standard InChI is InChI=1S/C12H8Cl4N2O2S/c13-6-1-2-11(8(14)3-6)18-21(19,20)12-9(15)4-7(17)5-10(12)16/h1-5,18H,17H2. The molecule has 2 aromatic carbocycles. The normalized spacial score (nSPS) is 11.4. The molecule has 0 atom stereocenters. The molecule has 0 saturated carbocycles. The summed E-state index contributed by atoms with van der Waals surface area (Å²) >= 11 is 23.5. The van der Waals surface area contributed by atoms with E-state index in [2.05, 4.69) is 4.72 Å². The van der Waals surface area contributed by atoms with Crippen molar-refractivity contribution in [2.75, 3.05) is 10.5 Å². The third-order valence-corrected chi connectivity index (χ3v) is 5.30. The summed E-state index contributed by atoms with van der Waals surface area (Å²) in [7, 11) is -4.02. The Balaban J connectivity index is 2.48. The molecule has 4 nitrogen and oxygen atoms in total. The fourth-order valence-electron chi connectivity index (χ4n) is 1.60. The van der Waals surface area contributed by atoms with E-state index in [4.69, 9.17) is 52.1 Å². The van der Waals surface area contributed by atoms with Crippen LogP contribution in [0.25, 0.3) is 0 Å². The van der Waals surface area contributed by atoms with E-state index in [1.54, 1.807) is 0 Å². The second kappa shape index (κ2) is 6.10. The summed E-state index contributed by atoms with van der Waals surface area (Å²) in [4.78, 5) is -0.272. The van der Waals surface area contributed by atoms with E-state index in [1.807, 2.05) is 0 Å². The summed E-state index contributed by atoms with van der Waals surface area (Å²) in [5.74, 6) is 0. The van der Waals surface area contributed by atoms with E-state index in [0.717, 1.165) is 0 Å². The third kappa shape index (κ3) is 3.67. The molecule has 112 valence electrons. The largest absolute Gasteiger partial charge is 0.399 e. The van der Waals surface area contributed by atoms with Gasteiger partial charge in [-0.15, -0.1) is 0 Å². The van der Waals surface area contributed by atoms with Gasteiger partial charge in [0.15, 0.2) is 0 Å². The Labute approximate surface area is 141 Å². The van der Waals surface area contributed by atoms with Crippen LogP contribution in [-0.2, 0) is 10.0 Å². The summed E-state index contributed by atoms with van der Waals surface area (Å²) in [6.45, 7) is 0. The van der Waals surface area contributed by atoms with Crippen molar-refractivity contribution in [2.45, 2.75) is 4.90 Å². The summed E-state index contributed by atoms with van der Waals surface area (Å²) in [6.07, 6.45) is 0. The van der Waals surface area contributed by atoms with E-state index in [0.29, 0.717) is 5.02 Å². The van der Waals surface area contributed by atoms with Crippen molar-refractivity contribution in [3.63, 3.8) is 0 Å². The quantitative estimate of drug-likeness (QED) is 0.753. The number of nitrogens with one attached hydrogen (secondary N) is 1. The van der Waals surface area contributed by atoms with Crippen LogP contribution in [0.1, 0.15) is 0 Å². The van der Waals surface area contributed by atoms with Gasteiger partial charge in [-0.05, 0) is 30.3 Å². The van der Waals surface area contributed by atoms with Crippen molar-refractivity contribution in [3.05, 3.63) is 50.4 Å². The maximum atomic E-state index is 12.4. The molecule has 0 saturated heterocycles. The minimum absolute atomic E-state index is 0.0856. The van der Waals surface area contributed by atoms with Crippen LogP contribution in [0.5, 0.6) is 0 Å². The fraction of sp³-hybridized carbons (Fsp3) is 0. The van der Waals surface area contributed by atoms with Crippen LogP contribution in [0.3, 0.4) is 0 Å². The van der Waals surface area contributed by atoms with E-state index < -0.39 is 10.0 Å². The number of sulfonamides is 1. The lowest BCUT2D eigenvalue weighted by molar-refractivity contribution is 0.601. The molecule has 0 aromatic heterocycles. The molecule has 9 heteroatoms. The highest BCUT2D eigenvalue weighted by Gasteiger charge is 2.23. The van der Waals surface area contributed by atoms with Crippen LogP contribution in [0.4, 0.5) is 11.4 Å². The number of anilines is 2. The molecule has 0 spiro atoms. The SMILES string of the molecule is Nc1cc(Cl)c(S(=O)(=O)Nc2ccc(Cl)cc2Cl)c(Cl)c1. The summed E-state index contributed by atoms with van der Waals surface area (Å²) < 4.78 is 27.1. The molecule has 0 unspecified atom stereocenters. The van der Waals surface area contributed by atoms with E-state index >= 15 is 0 Å². The number of hydrogen-bond acceptors (Lipinski definition) is 3. The first-order valence-corrected chi connectivity index (χ1v) is 8.42. The average molecular weight is 386 g/mol. The Morgan fingerprint density at radius 2 is 1.48 bits per heavy atom. The van der Waals surface area contributed by atoms with Crippen LogP contribution in [0.15, 0.2) is 35.2 Å². The molecule has 0 heterocycles. The van der Waals surface area contributed by atoms with Crippen LogP contribution in [0, 0.1) is 0 Å². The Kier molecular flexibility index (Phi) is 4.80. The van der Waals surface area contributed by atoms with Crippen LogP contribution in [-0.4, -0.2) is 8.42 Å². The molecular weight excluding hydrogens is 378 g/mol. The molecule has 0 aliphatic rings. The molecule has 0 bridgehead atoms. The zero-order chi connectivity index (χ0) is 15.8. The number of nitrogen functional groups attached to an aromatic ring is 1. The van der Waals surface area contributed by atoms with Gasteiger partial charge in [-0.25, -0.2) is 8.42 Å². The summed E-state index contributed by atoms with van der Waals surface area (Å²) in [6, 6.07) is 6.93. The first-order valence-electron chi connectivity index (χ1n) is 5.43. The third-order valence-electron chi connectivity index (χ3n) is 2.46. The predicted molar refractivity (Wildman–Crippen MR) is 88.1 cm³/mol. The Bertz CT molecular complexity index is 786. The fourth-order valence-corrected chi connectivity index (χ4v) is 4.43. The lowest BCUT2D eigenvalue weighted by atomic mass is 10.3. The predicted octanol–water partition coefficient (Wildman–Crippen LogP) is 4.68. The number of nitrogens with two attached hydrogens (primary N) is 1. The Morgan fingerprint density at radius 3 is 2.00 bits per heavy atom. The number of halogens is 4. The molecule has 2 rings (SSSR count). The highest BCUT2D eigenvalue weighted by Crippen LogP contribution is 2.34. The van der Waals surface area contributed by atoms with Crippen molar-refractivity contribution in [1.29, 1.82) is 0 Å². The van der Waals surface area contributed by atoms with Crippen LogP contribution >= 0.6 is 46.4 Å².